The van der Waals surface area contributed by atoms with Crippen LogP contribution in [0, 0.1) is 0 Å². The van der Waals surface area contributed by atoms with Crippen LogP contribution in [0.15, 0.2) is 60.8 Å². The minimum Gasteiger partial charge on any atom is -0.439 e. The van der Waals surface area contributed by atoms with E-state index in [-0.39, 0.29) is 0 Å². The van der Waals surface area contributed by atoms with Gasteiger partial charge in [0.2, 0.25) is 11.8 Å². The van der Waals surface area contributed by atoms with Gasteiger partial charge in [-0.1, -0.05) is 24.3 Å². The van der Waals surface area contributed by atoms with Crippen molar-refractivity contribution in [1.29, 1.82) is 0 Å². The molecule has 5 nitrogen and oxygen atoms in total. The van der Waals surface area contributed by atoms with Gasteiger partial charge in [0, 0.05) is 19.3 Å². The summed E-state index contributed by atoms with van der Waals surface area (Å²) in [6.45, 7) is 0. The first-order chi connectivity index (χ1) is 10.3. The second kappa shape index (κ2) is 6.00. The lowest BCUT2D eigenvalue weighted by molar-refractivity contribution is 0.463. The smallest absolute Gasteiger partial charge is 0.226 e. The normalized spacial score (nSPS) is 10.1. The highest BCUT2D eigenvalue weighted by Crippen LogP contribution is 2.24. The Balaban J connectivity index is 1.98. The molecule has 0 amide bonds. The Bertz CT molecular complexity index is 717. The Morgan fingerprint density at radius 1 is 0.905 bits per heavy atom. The van der Waals surface area contributed by atoms with Crippen molar-refractivity contribution in [2.75, 3.05) is 12.4 Å². The van der Waals surface area contributed by atoms with E-state index in [0.29, 0.717) is 17.5 Å². The van der Waals surface area contributed by atoms with Crippen molar-refractivity contribution in [3.8, 4) is 23.0 Å². The Morgan fingerprint density at radius 3 is 2.43 bits per heavy atom. The first kappa shape index (κ1) is 13.1. The van der Waals surface area contributed by atoms with Gasteiger partial charge in [0.05, 0.1) is 11.4 Å². The van der Waals surface area contributed by atoms with Crippen LogP contribution in [0.5, 0.6) is 11.6 Å². The number of aromatic nitrogens is 3. The maximum atomic E-state index is 5.76. The molecule has 104 valence electrons. The number of rotatable bonds is 4. The maximum absolute atomic E-state index is 5.76. The zero-order chi connectivity index (χ0) is 14.5. The average Bonchev–Trinajstić information content (AvgIpc) is 2.56. The largest absolute Gasteiger partial charge is 0.439 e. The van der Waals surface area contributed by atoms with Gasteiger partial charge in [-0.15, -0.1) is 0 Å². The van der Waals surface area contributed by atoms with E-state index in [1.54, 1.807) is 19.3 Å². The lowest BCUT2D eigenvalue weighted by Gasteiger charge is -2.08. The number of hydrogen-bond acceptors (Lipinski definition) is 5. The molecule has 2 heterocycles. The van der Waals surface area contributed by atoms with E-state index >= 15 is 0 Å². The number of nitrogens with one attached hydrogen (secondary N) is 1. The van der Waals surface area contributed by atoms with Crippen LogP contribution in [0.25, 0.3) is 11.4 Å². The number of anilines is 1. The molecule has 0 atom stereocenters. The quantitative estimate of drug-likeness (QED) is 0.792. The number of para-hydroxylation sites is 1. The van der Waals surface area contributed by atoms with E-state index in [0.717, 1.165) is 11.4 Å². The number of ether oxygens (including phenoxy) is 1. The molecule has 0 radical (unpaired) electrons. The molecule has 21 heavy (non-hydrogen) atoms. The highest BCUT2D eigenvalue weighted by atomic mass is 16.5. The summed E-state index contributed by atoms with van der Waals surface area (Å²) in [5, 5.41) is 2.93. The van der Waals surface area contributed by atoms with Crippen molar-refractivity contribution in [3.63, 3.8) is 0 Å². The Kier molecular flexibility index (Phi) is 3.73. The third-order valence-corrected chi connectivity index (χ3v) is 2.82. The summed E-state index contributed by atoms with van der Waals surface area (Å²) in [5.41, 5.74) is 1.48. The molecular formula is C16H14N4O. The standard InChI is InChI=1S/C16H14N4O/c1-17-16-19-14(13-9-5-6-10-18-13)11-15(20-16)21-12-7-3-2-4-8-12/h2-11H,1H3,(H,17,19,20). The summed E-state index contributed by atoms with van der Waals surface area (Å²) in [4.78, 5) is 13.0. The number of benzene rings is 1. The molecule has 0 unspecified atom stereocenters. The van der Waals surface area contributed by atoms with Gasteiger partial charge in [-0.3, -0.25) is 4.98 Å². The first-order valence-electron chi connectivity index (χ1n) is 6.56. The van der Waals surface area contributed by atoms with Crippen LogP contribution in [0.2, 0.25) is 0 Å². The summed E-state index contributed by atoms with van der Waals surface area (Å²) >= 11 is 0. The van der Waals surface area contributed by atoms with Gasteiger partial charge in [-0.25, -0.2) is 4.98 Å². The fraction of sp³-hybridized carbons (Fsp3) is 0.0625. The second-order valence-electron chi connectivity index (χ2n) is 4.30. The van der Waals surface area contributed by atoms with Crippen molar-refractivity contribution in [2.45, 2.75) is 0 Å². The first-order valence-corrected chi connectivity index (χ1v) is 6.56. The summed E-state index contributed by atoms with van der Waals surface area (Å²) in [6, 6.07) is 17.0. The SMILES string of the molecule is CNc1nc(Oc2ccccc2)cc(-c2ccccn2)n1. The summed E-state index contributed by atoms with van der Waals surface area (Å²) in [5.74, 6) is 1.69. The van der Waals surface area contributed by atoms with E-state index in [4.69, 9.17) is 4.74 Å². The number of nitrogens with zero attached hydrogens (tertiary/aromatic N) is 3. The number of hydrogen-bond donors (Lipinski definition) is 1. The topological polar surface area (TPSA) is 59.9 Å². The Morgan fingerprint density at radius 2 is 1.71 bits per heavy atom. The van der Waals surface area contributed by atoms with Gasteiger partial charge in [-0.05, 0) is 24.3 Å². The molecule has 0 aliphatic heterocycles. The molecule has 0 aliphatic carbocycles. The fourth-order valence-corrected chi connectivity index (χ4v) is 1.84. The second-order valence-corrected chi connectivity index (χ2v) is 4.30. The molecule has 5 heteroatoms. The Labute approximate surface area is 122 Å². The van der Waals surface area contributed by atoms with Crippen LogP contribution in [-0.2, 0) is 0 Å². The zero-order valence-electron chi connectivity index (χ0n) is 11.5. The monoisotopic (exact) mass is 278 g/mol. The highest BCUT2D eigenvalue weighted by molar-refractivity contribution is 5.57. The molecule has 0 aliphatic rings. The molecule has 0 fully saturated rings. The summed E-state index contributed by atoms with van der Waals surface area (Å²) in [7, 11) is 1.77. The molecule has 1 N–H and O–H groups in total. The van der Waals surface area contributed by atoms with Gasteiger partial charge < -0.3 is 10.1 Å². The van der Waals surface area contributed by atoms with Crippen molar-refractivity contribution >= 4 is 5.95 Å². The summed E-state index contributed by atoms with van der Waals surface area (Å²) < 4.78 is 5.76. The van der Waals surface area contributed by atoms with Crippen molar-refractivity contribution < 1.29 is 4.74 Å². The Hall–Kier alpha value is -2.95. The molecule has 0 spiro atoms. The van der Waals surface area contributed by atoms with E-state index in [2.05, 4.69) is 20.3 Å². The molecule has 3 aromatic rings. The predicted molar refractivity (Wildman–Crippen MR) is 81.3 cm³/mol. The molecule has 1 aromatic carbocycles. The van der Waals surface area contributed by atoms with Crippen LogP contribution in [-0.4, -0.2) is 22.0 Å². The van der Waals surface area contributed by atoms with Crippen LogP contribution in [0.4, 0.5) is 5.95 Å². The summed E-state index contributed by atoms with van der Waals surface area (Å²) in [6.07, 6.45) is 1.73. The molecular weight excluding hydrogens is 264 g/mol. The highest BCUT2D eigenvalue weighted by Gasteiger charge is 2.08. The van der Waals surface area contributed by atoms with Gasteiger partial charge in [0.15, 0.2) is 0 Å². The minimum absolute atomic E-state index is 0.473. The average molecular weight is 278 g/mol. The van der Waals surface area contributed by atoms with Crippen molar-refractivity contribution in [1.82, 2.24) is 15.0 Å². The van der Waals surface area contributed by atoms with Gasteiger partial charge in [-0.2, -0.15) is 4.98 Å². The van der Waals surface area contributed by atoms with Crippen LogP contribution >= 0.6 is 0 Å². The van der Waals surface area contributed by atoms with Gasteiger partial charge in [0.1, 0.15) is 5.75 Å². The van der Waals surface area contributed by atoms with Gasteiger partial charge >= 0.3 is 0 Å². The van der Waals surface area contributed by atoms with Crippen molar-refractivity contribution in [2.24, 2.45) is 0 Å². The lowest BCUT2D eigenvalue weighted by Crippen LogP contribution is -2.00. The lowest BCUT2D eigenvalue weighted by atomic mass is 10.2. The van der Waals surface area contributed by atoms with Crippen LogP contribution in [0.1, 0.15) is 0 Å². The van der Waals surface area contributed by atoms with E-state index in [1.807, 2.05) is 48.5 Å². The van der Waals surface area contributed by atoms with E-state index in [1.165, 1.54) is 0 Å². The maximum Gasteiger partial charge on any atom is 0.226 e. The molecule has 0 saturated carbocycles. The minimum atomic E-state index is 0.473. The third-order valence-electron chi connectivity index (χ3n) is 2.82. The number of pyridine rings is 1. The molecule has 0 saturated heterocycles. The van der Waals surface area contributed by atoms with E-state index in [9.17, 15) is 0 Å². The molecule has 3 rings (SSSR count). The molecule has 2 aromatic heterocycles. The predicted octanol–water partition coefficient (Wildman–Crippen LogP) is 3.37. The van der Waals surface area contributed by atoms with Crippen molar-refractivity contribution in [3.05, 3.63) is 60.8 Å². The van der Waals surface area contributed by atoms with Gasteiger partial charge in [0.25, 0.3) is 0 Å². The zero-order valence-corrected chi connectivity index (χ0v) is 11.5. The van der Waals surface area contributed by atoms with Crippen LogP contribution in [0.3, 0.4) is 0 Å². The van der Waals surface area contributed by atoms with E-state index < -0.39 is 0 Å². The third kappa shape index (κ3) is 3.14. The van der Waals surface area contributed by atoms with Crippen LogP contribution < -0.4 is 10.1 Å². The fourth-order valence-electron chi connectivity index (χ4n) is 1.84. The molecule has 0 bridgehead atoms.